The quantitative estimate of drug-likeness (QED) is 0.681. The molecule has 2 bridgehead atoms. The minimum absolute atomic E-state index is 0.0659. The van der Waals surface area contributed by atoms with Crippen LogP contribution in [0.1, 0.15) is 30.7 Å². The lowest BCUT2D eigenvalue weighted by molar-refractivity contribution is -0.131. The van der Waals surface area contributed by atoms with Crippen LogP contribution in [0.4, 0.5) is 0 Å². The zero-order chi connectivity index (χ0) is 11.1. The van der Waals surface area contributed by atoms with Gasteiger partial charge in [-0.1, -0.05) is 30.3 Å². The molecule has 16 heavy (non-hydrogen) atoms. The highest BCUT2D eigenvalue weighted by Gasteiger charge is 2.47. The van der Waals surface area contributed by atoms with Crippen molar-refractivity contribution < 1.29 is 4.79 Å². The van der Waals surface area contributed by atoms with Crippen LogP contribution in [0.25, 0.3) is 0 Å². The van der Waals surface area contributed by atoms with Gasteiger partial charge < -0.3 is 0 Å². The number of benzene rings is 1. The second-order valence-corrected chi connectivity index (χ2v) is 5.54. The van der Waals surface area contributed by atoms with Crippen LogP contribution in [0.15, 0.2) is 30.3 Å². The van der Waals surface area contributed by atoms with Crippen LogP contribution in [0.5, 0.6) is 0 Å². The molecule has 0 N–H and O–H groups in total. The molecule has 3 fully saturated rings. The molecular formula is C14H15ClO. The zero-order valence-corrected chi connectivity index (χ0v) is 9.86. The fraction of sp³-hybridized carbons (Fsp3) is 0.500. The van der Waals surface area contributed by atoms with E-state index in [1.807, 2.05) is 18.2 Å². The van der Waals surface area contributed by atoms with Crippen LogP contribution in [-0.2, 0) is 4.79 Å². The molecule has 0 saturated heterocycles. The summed E-state index contributed by atoms with van der Waals surface area (Å²) in [5, 5.41) is 0.196. The van der Waals surface area contributed by atoms with E-state index < -0.39 is 0 Å². The van der Waals surface area contributed by atoms with Crippen molar-refractivity contribution in [1.29, 1.82) is 0 Å². The van der Waals surface area contributed by atoms with E-state index >= 15 is 0 Å². The Hall–Kier alpha value is -0.820. The molecule has 1 nitrogen and oxygen atoms in total. The average molecular weight is 235 g/mol. The first-order valence-corrected chi connectivity index (χ1v) is 6.44. The highest BCUT2D eigenvalue weighted by Crippen LogP contribution is 2.49. The SMILES string of the molecule is O=C1[C@@H]2CC[C@@H]([C@H](Cl)C2)[C@@H]1c1ccccc1. The van der Waals surface area contributed by atoms with E-state index in [1.54, 1.807) is 0 Å². The normalized spacial score (nSPS) is 37.7. The van der Waals surface area contributed by atoms with Crippen LogP contribution in [-0.4, -0.2) is 11.2 Å². The third-order valence-electron chi connectivity index (χ3n) is 4.12. The van der Waals surface area contributed by atoms with E-state index in [0.29, 0.717) is 11.7 Å². The summed E-state index contributed by atoms with van der Waals surface area (Å²) in [4.78, 5) is 12.3. The number of hydrogen-bond acceptors (Lipinski definition) is 1. The van der Waals surface area contributed by atoms with Crippen molar-refractivity contribution in [3.63, 3.8) is 0 Å². The Balaban J connectivity index is 1.98. The number of halogens is 1. The standard InChI is InChI=1S/C14H15ClO/c15-12-8-10-6-7-11(12)13(14(10)16)9-4-2-1-3-5-9/h1-5,10-13H,6-8H2/t10-,11+,12-,13+/m1/s1. The Kier molecular flexibility index (Phi) is 2.51. The molecular weight excluding hydrogens is 220 g/mol. The van der Waals surface area contributed by atoms with E-state index in [1.165, 1.54) is 0 Å². The Morgan fingerprint density at radius 1 is 1.12 bits per heavy atom. The Bertz CT molecular complexity index is 400. The van der Waals surface area contributed by atoms with E-state index in [0.717, 1.165) is 24.8 Å². The number of rotatable bonds is 1. The molecule has 0 heterocycles. The van der Waals surface area contributed by atoms with Gasteiger partial charge in [0.25, 0.3) is 0 Å². The van der Waals surface area contributed by atoms with Gasteiger partial charge in [-0.3, -0.25) is 4.79 Å². The number of carbonyl (C=O) groups excluding carboxylic acids is 1. The highest BCUT2D eigenvalue weighted by molar-refractivity contribution is 6.21. The van der Waals surface area contributed by atoms with Crippen LogP contribution in [0.2, 0.25) is 0 Å². The average Bonchev–Trinajstić information content (AvgIpc) is 2.32. The fourth-order valence-corrected chi connectivity index (χ4v) is 3.80. The van der Waals surface area contributed by atoms with Crippen molar-refractivity contribution in [3.8, 4) is 0 Å². The second kappa shape index (κ2) is 3.89. The Labute approximate surface area is 101 Å². The second-order valence-electron chi connectivity index (χ2n) is 4.98. The number of alkyl halides is 1. The summed E-state index contributed by atoms with van der Waals surface area (Å²) >= 11 is 6.37. The molecule has 84 valence electrons. The maximum atomic E-state index is 12.3. The molecule has 0 radical (unpaired) electrons. The minimum Gasteiger partial charge on any atom is -0.299 e. The van der Waals surface area contributed by atoms with Crippen molar-refractivity contribution in [2.75, 3.05) is 0 Å². The van der Waals surface area contributed by atoms with Gasteiger partial charge in [0, 0.05) is 17.2 Å². The molecule has 0 amide bonds. The lowest BCUT2D eigenvalue weighted by Gasteiger charge is -2.44. The van der Waals surface area contributed by atoms with Crippen molar-refractivity contribution in [1.82, 2.24) is 0 Å². The lowest BCUT2D eigenvalue weighted by atomic mass is 9.62. The molecule has 0 aliphatic heterocycles. The summed E-state index contributed by atoms with van der Waals surface area (Å²) in [7, 11) is 0. The molecule has 0 aromatic heterocycles. The summed E-state index contributed by atoms with van der Waals surface area (Å²) < 4.78 is 0. The van der Waals surface area contributed by atoms with E-state index in [2.05, 4.69) is 12.1 Å². The van der Waals surface area contributed by atoms with Crippen LogP contribution in [0.3, 0.4) is 0 Å². The van der Waals surface area contributed by atoms with Crippen LogP contribution >= 0.6 is 11.6 Å². The topological polar surface area (TPSA) is 17.1 Å². The van der Waals surface area contributed by atoms with Gasteiger partial charge >= 0.3 is 0 Å². The molecule has 4 rings (SSSR count). The largest absolute Gasteiger partial charge is 0.299 e. The van der Waals surface area contributed by atoms with Gasteiger partial charge in [0.05, 0.1) is 0 Å². The minimum atomic E-state index is 0.0659. The van der Waals surface area contributed by atoms with Gasteiger partial charge in [0.2, 0.25) is 0 Å². The van der Waals surface area contributed by atoms with Gasteiger partial charge in [0.1, 0.15) is 5.78 Å². The summed E-state index contributed by atoms with van der Waals surface area (Å²) in [5.41, 5.74) is 1.16. The third-order valence-corrected chi connectivity index (χ3v) is 4.62. The fourth-order valence-electron chi connectivity index (χ4n) is 3.31. The molecule has 3 aliphatic carbocycles. The molecule has 0 unspecified atom stereocenters. The summed E-state index contributed by atoms with van der Waals surface area (Å²) in [6.45, 7) is 0. The van der Waals surface area contributed by atoms with Crippen molar-refractivity contribution in [2.24, 2.45) is 11.8 Å². The number of ketones is 1. The molecule has 2 heteroatoms. The monoisotopic (exact) mass is 234 g/mol. The first-order valence-electron chi connectivity index (χ1n) is 6.00. The smallest absolute Gasteiger partial charge is 0.143 e. The van der Waals surface area contributed by atoms with Gasteiger partial charge in [0.15, 0.2) is 0 Å². The first-order chi connectivity index (χ1) is 7.77. The van der Waals surface area contributed by atoms with Gasteiger partial charge in [-0.05, 0) is 30.7 Å². The Morgan fingerprint density at radius 3 is 2.56 bits per heavy atom. The number of carbonyl (C=O) groups is 1. The Morgan fingerprint density at radius 2 is 1.88 bits per heavy atom. The van der Waals surface area contributed by atoms with Gasteiger partial charge in [-0.25, -0.2) is 0 Å². The number of hydrogen-bond donors (Lipinski definition) is 0. The molecule has 4 atom stereocenters. The first kappa shape index (κ1) is 10.3. The summed E-state index contributed by atoms with van der Waals surface area (Å²) in [6.07, 6.45) is 3.06. The van der Waals surface area contributed by atoms with Crippen LogP contribution in [0, 0.1) is 11.8 Å². The molecule has 1 aromatic carbocycles. The third kappa shape index (κ3) is 1.49. The predicted molar refractivity (Wildman–Crippen MR) is 64.7 cm³/mol. The van der Waals surface area contributed by atoms with Crippen molar-refractivity contribution in [3.05, 3.63) is 35.9 Å². The molecule has 1 aromatic rings. The van der Waals surface area contributed by atoms with E-state index in [-0.39, 0.29) is 17.2 Å². The molecule has 3 saturated carbocycles. The zero-order valence-electron chi connectivity index (χ0n) is 9.10. The molecule has 3 aliphatic rings. The van der Waals surface area contributed by atoms with Crippen molar-refractivity contribution >= 4 is 17.4 Å². The van der Waals surface area contributed by atoms with Gasteiger partial charge in [-0.2, -0.15) is 0 Å². The van der Waals surface area contributed by atoms with Crippen molar-refractivity contribution in [2.45, 2.75) is 30.6 Å². The van der Waals surface area contributed by atoms with E-state index in [4.69, 9.17) is 11.6 Å². The number of Topliss-reactive ketones (excluding diaryl/α,β-unsaturated/α-hetero) is 1. The predicted octanol–water partition coefficient (Wildman–Crippen LogP) is 3.38. The lowest BCUT2D eigenvalue weighted by Crippen LogP contribution is -2.44. The maximum Gasteiger partial charge on any atom is 0.143 e. The highest BCUT2D eigenvalue weighted by atomic mass is 35.5. The van der Waals surface area contributed by atoms with Gasteiger partial charge in [-0.15, -0.1) is 11.6 Å². The van der Waals surface area contributed by atoms with E-state index in [9.17, 15) is 4.79 Å². The molecule has 0 spiro atoms. The summed E-state index contributed by atoms with van der Waals surface area (Å²) in [6, 6.07) is 10.1. The maximum absolute atomic E-state index is 12.3. The number of fused-ring (bicyclic) bond motifs is 3. The van der Waals surface area contributed by atoms with Crippen LogP contribution < -0.4 is 0 Å². The summed E-state index contributed by atoms with van der Waals surface area (Å²) in [5.74, 6) is 1.08.